The zero-order valence-electron chi connectivity index (χ0n) is 28.5. The second kappa shape index (κ2) is 16.7. The number of rotatable bonds is 9. The van der Waals surface area contributed by atoms with E-state index in [-0.39, 0.29) is 58.5 Å². The molecule has 3 aromatic carbocycles. The van der Waals surface area contributed by atoms with E-state index in [4.69, 9.17) is 21.1 Å². The van der Waals surface area contributed by atoms with E-state index in [1.54, 1.807) is 37.3 Å². The van der Waals surface area contributed by atoms with Gasteiger partial charge in [0.25, 0.3) is 15.9 Å². The molecule has 4 rings (SSSR count). The summed E-state index contributed by atoms with van der Waals surface area (Å²) in [4.78, 5) is 16.0. The number of nitrogens with one attached hydrogen (secondary N) is 1. The lowest BCUT2D eigenvalue weighted by atomic mass is 10.0. The fourth-order valence-electron chi connectivity index (χ4n) is 5.52. The van der Waals surface area contributed by atoms with Crippen LogP contribution in [0.25, 0.3) is 0 Å². The fourth-order valence-corrected chi connectivity index (χ4v) is 7.88. The lowest BCUT2D eigenvalue weighted by molar-refractivity contribution is -0.00833. The molecule has 1 amide bonds. The molecule has 268 valence electrons. The highest BCUT2D eigenvalue weighted by molar-refractivity contribution is 7.92. The van der Waals surface area contributed by atoms with Gasteiger partial charge in [-0.2, -0.15) is 4.31 Å². The molecule has 1 aliphatic rings. The molecule has 0 radical (unpaired) electrons. The quantitative estimate of drug-likeness (QED) is 0.291. The van der Waals surface area contributed by atoms with Crippen LogP contribution in [-0.2, 0) is 24.8 Å². The number of aliphatic hydroxyl groups excluding tert-OH is 1. The number of aryl methyl sites for hydroxylation is 1. The third kappa shape index (κ3) is 9.95. The lowest BCUT2D eigenvalue weighted by Crippen LogP contribution is -2.48. The highest BCUT2D eigenvalue weighted by Crippen LogP contribution is 2.30. The van der Waals surface area contributed by atoms with Crippen LogP contribution in [0.2, 0.25) is 5.02 Å². The largest absolute Gasteiger partial charge is 0.490 e. The minimum absolute atomic E-state index is 0.00191. The Morgan fingerprint density at radius 1 is 1.00 bits per heavy atom. The monoisotopic (exact) mass is 735 g/mol. The molecule has 49 heavy (non-hydrogen) atoms. The van der Waals surface area contributed by atoms with E-state index in [0.29, 0.717) is 24.5 Å². The van der Waals surface area contributed by atoms with Gasteiger partial charge in [-0.1, -0.05) is 36.2 Å². The van der Waals surface area contributed by atoms with Crippen molar-refractivity contribution >= 4 is 43.2 Å². The molecule has 0 aliphatic carbocycles. The number of carbonyl (C=O) groups is 1. The van der Waals surface area contributed by atoms with Crippen molar-refractivity contribution in [1.29, 1.82) is 0 Å². The van der Waals surface area contributed by atoms with Crippen molar-refractivity contribution in [2.24, 2.45) is 5.92 Å². The SMILES string of the molecule is Cc1ccc(S(=O)(=O)N(C)C[C@@H]2OCCCC[C@H](C)Oc3ccc(NS(=O)(=O)c4ccc(Cl)cc4)cc3C(=O)N([C@@H](C)CO)C[C@@H]2C)cc1. The molecule has 1 heterocycles. The Morgan fingerprint density at radius 2 is 1.65 bits per heavy atom. The summed E-state index contributed by atoms with van der Waals surface area (Å²) < 4.78 is 69.6. The fraction of sp³-hybridized carbons (Fsp3) is 0.457. The number of amides is 1. The van der Waals surface area contributed by atoms with Crippen LogP contribution in [0.3, 0.4) is 0 Å². The molecule has 0 spiro atoms. The Morgan fingerprint density at radius 3 is 2.31 bits per heavy atom. The first-order valence-corrected chi connectivity index (χ1v) is 19.6. The zero-order valence-corrected chi connectivity index (χ0v) is 30.9. The van der Waals surface area contributed by atoms with Crippen molar-refractivity contribution in [2.45, 2.75) is 75.0 Å². The van der Waals surface area contributed by atoms with Gasteiger partial charge in [0.2, 0.25) is 10.0 Å². The molecule has 0 unspecified atom stereocenters. The lowest BCUT2D eigenvalue weighted by Gasteiger charge is -2.35. The average molecular weight is 736 g/mol. The number of hydrogen-bond donors (Lipinski definition) is 2. The Labute approximate surface area is 295 Å². The molecule has 1 aliphatic heterocycles. The highest BCUT2D eigenvalue weighted by Gasteiger charge is 2.32. The summed E-state index contributed by atoms with van der Waals surface area (Å²) in [5.74, 6) is -0.574. The van der Waals surface area contributed by atoms with Crippen LogP contribution in [0, 0.1) is 12.8 Å². The molecule has 0 saturated carbocycles. The van der Waals surface area contributed by atoms with Gasteiger partial charge in [-0.15, -0.1) is 0 Å². The third-order valence-corrected chi connectivity index (χ3v) is 12.1. The Kier molecular flexibility index (Phi) is 13.1. The topological polar surface area (TPSA) is 143 Å². The van der Waals surface area contributed by atoms with E-state index in [1.165, 1.54) is 52.7 Å². The molecular formula is C35H46ClN3O8S2. The zero-order chi connectivity index (χ0) is 35.9. The number of aliphatic hydroxyl groups is 1. The number of carbonyl (C=O) groups excluding carboxylic acids is 1. The molecule has 14 heteroatoms. The number of nitrogens with zero attached hydrogens (tertiary/aromatic N) is 2. The van der Waals surface area contributed by atoms with Gasteiger partial charge in [-0.25, -0.2) is 16.8 Å². The van der Waals surface area contributed by atoms with Crippen molar-refractivity contribution in [2.75, 3.05) is 38.1 Å². The van der Waals surface area contributed by atoms with Gasteiger partial charge in [0.15, 0.2) is 0 Å². The van der Waals surface area contributed by atoms with E-state index in [2.05, 4.69) is 4.72 Å². The van der Waals surface area contributed by atoms with E-state index in [0.717, 1.165) is 12.0 Å². The van der Waals surface area contributed by atoms with Gasteiger partial charge in [0.05, 0.1) is 40.2 Å². The summed E-state index contributed by atoms with van der Waals surface area (Å²) in [6, 6.07) is 16.2. The maximum absolute atomic E-state index is 14.4. The van der Waals surface area contributed by atoms with Crippen LogP contribution >= 0.6 is 11.6 Å². The molecule has 0 aromatic heterocycles. The highest BCUT2D eigenvalue weighted by atomic mass is 35.5. The predicted molar refractivity (Wildman–Crippen MR) is 190 cm³/mol. The van der Waals surface area contributed by atoms with Crippen LogP contribution in [0.4, 0.5) is 5.69 Å². The minimum atomic E-state index is -4.01. The number of anilines is 1. The first kappa shape index (κ1) is 38.6. The van der Waals surface area contributed by atoms with Crippen molar-refractivity contribution in [3.63, 3.8) is 0 Å². The molecule has 0 bridgehead atoms. The van der Waals surface area contributed by atoms with Gasteiger partial charge in [0.1, 0.15) is 5.75 Å². The molecule has 0 fully saturated rings. The first-order valence-electron chi connectivity index (χ1n) is 16.3. The second-order valence-electron chi connectivity index (χ2n) is 12.7. The van der Waals surface area contributed by atoms with E-state index >= 15 is 0 Å². The molecule has 3 aromatic rings. The number of hydrogen-bond acceptors (Lipinski definition) is 8. The molecule has 0 saturated heterocycles. The Balaban J connectivity index is 1.67. The number of halogens is 1. The molecule has 11 nitrogen and oxygen atoms in total. The van der Waals surface area contributed by atoms with E-state index < -0.39 is 38.1 Å². The Hall–Kier alpha value is -3.20. The van der Waals surface area contributed by atoms with E-state index in [9.17, 15) is 26.7 Å². The summed E-state index contributed by atoms with van der Waals surface area (Å²) in [7, 11) is -6.32. The normalized spacial score (nSPS) is 20.6. The number of sulfonamides is 2. The maximum atomic E-state index is 14.4. The van der Waals surface area contributed by atoms with Crippen molar-refractivity contribution in [1.82, 2.24) is 9.21 Å². The van der Waals surface area contributed by atoms with Crippen molar-refractivity contribution in [3.05, 3.63) is 82.9 Å². The molecule has 4 atom stereocenters. The summed E-state index contributed by atoms with van der Waals surface area (Å²) in [5, 5.41) is 10.6. The van der Waals surface area contributed by atoms with Gasteiger partial charge in [-0.05, 0) is 94.6 Å². The first-order chi connectivity index (χ1) is 23.1. The Bertz CT molecular complexity index is 1790. The smallest absolute Gasteiger partial charge is 0.261 e. The summed E-state index contributed by atoms with van der Waals surface area (Å²) in [6.07, 6.45) is 1.26. The van der Waals surface area contributed by atoms with Gasteiger partial charge < -0.3 is 19.5 Å². The molecule has 2 N–H and O–H groups in total. The van der Waals surface area contributed by atoms with Crippen LogP contribution in [0.1, 0.15) is 56.0 Å². The van der Waals surface area contributed by atoms with Crippen molar-refractivity contribution in [3.8, 4) is 5.75 Å². The summed E-state index contributed by atoms with van der Waals surface area (Å²) >= 11 is 5.94. The van der Waals surface area contributed by atoms with Crippen LogP contribution in [-0.4, -0.2) is 88.7 Å². The van der Waals surface area contributed by atoms with Gasteiger partial charge >= 0.3 is 0 Å². The number of likely N-dealkylation sites (N-methyl/N-ethyl adjacent to an activating group) is 1. The maximum Gasteiger partial charge on any atom is 0.261 e. The number of ether oxygens (including phenoxy) is 2. The standard InChI is InChI=1S/C35H46ClN3O8S2/c1-24-9-14-31(15-10-24)49(44,45)38(5)22-34-25(2)21-39(26(3)23-40)35(41)32-20-29(37-48(42,43)30-16-11-28(36)12-17-30)13-18-33(32)47-27(4)8-6-7-19-46-34/h9-18,20,25-27,34,37,40H,6-8,19,21-23H2,1-5H3/t25-,26-,27-,34-/m0/s1. The number of benzene rings is 3. The van der Waals surface area contributed by atoms with Crippen LogP contribution in [0.15, 0.2) is 76.5 Å². The molecular weight excluding hydrogens is 690 g/mol. The third-order valence-electron chi connectivity index (χ3n) is 8.59. The van der Waals surface area contributed by atoms with Crippen LogP contribution in [0.5, 0.6) is 5.75 Å². The van der Waals surface area contributed by atoms with Crippen LogP contribution < -0.4 is 9.46 Å². The second-order valence-corrected chi connectivity index (χ2v) is 16.8. The average Bonchev–Trinajstić information content (AvgIpc) is 3.06. The summed E-state index contributed by atoms with van der Waals surface area (Å²) in [5.41, 5.74) is 1.21. The minimum Gasteiger partial charge on any atom is -0.490 e. The van der Waals surface area contributed by atoms with Crippen molar-refractivity contribution < 1.29 is 36.2 Å². The van der Waals surface area contributed by atoms with Gasteiger partial charge in [-0.3, -0.25) is 9.52 Å². The van der Waals surface area contributed by atoms with E-state index in [1.807, 2.05) is 20.8 Å². The predicted octanol–water partition coefficient (Wildman–Crippen LogP) is 5.57. The van der Waals surface area contributed by atoms with Gasteiger partial charge in [0, 0.05) is 43.4 Å². The number of fused-ring (bicyclic) bond motifs is 1. The summed E-state index contributed by atoms with van der Waals surface area (Å²) in [6.45, 7) is 7.55.